The predicted octanol–water partition coefficient (Wildman–Crippen LogP) is 2.71. The lowest BCUT2D eigenvalue weighted by Crippen LogP contribution is -2.36. The zero-order chi connectivity index (χ0) is 12.7. The molecule has 0 saturated heterocycles. The molecule has 1 rings (SSSR count). The molecule has 90 valence electrons. The fraction of sp³-hybridized carbons (Fsp3) is 0.385. The van der Waals surface area contributed by atoms with Crippen LogP contribution in [0.3, 0.4) is 0 Å². The van der Waals surface area contributed by atoms with Crippen molar-refractivity contribution in [3.05, 3.63) is 35.9 Å². The molecule has 0 spiro atoms. The van der Waals surface area contributed by atoms with Gasteiger partial charge in [0.1, 0.15) is 6.54 Å². The van der Waals surface area contributed by atoms with Gasteiger partial charge in [-0.2, -0.15) is 5.26 Å². The summed E-state index contributed by atoms with van der Waals surface area (Å²) in [5.41, 5.74) is 1.03. The molecular formula is C13H15BrN2O. The Balaban J connectivity index is 2.74. The molecule has 0 saturated carbocycles. The second-order valence-corrected chi connectivity index (χ2v) is 4.82. The van der Waals surface area contributed by atoms with Gasteiger partial charge in [-0.1, -0.05) is 53.2 Å². The summed E-state index contributed by atoms with van der Waals surface area (Å²) in [5, 5.41) is 8.76. The molecule has 1 aromatic rings. The van der Waals surface area contributed by atoms with E-state index < -0.39 is 0 Å². The smallest absolute Gasteiger partial charge is 0.237 e. The maximum absolute atomic E-state index is 12.0. The lowest BCUT2D eigenvalue weighted by Gasteiger charge is -2.22. The molecule has 0 N–H and O–H groups in total. The molecule has 0 aromatic heterocycles. The van der Waals surface area contributed by atoms with Crippen molar-refractivity contribution in [1.82, 2.24) is 4.90 Å². The number of rotatable bonds is 5. The van der Waals surface area contributed by atoms with Crippen LogP contribution in [-0.2, 0) is 11.3 Å². The van der Waals surface area contributed by atoms with Gasteiger partial charge in [0.2, 0.25) is 5.91 Å². The Labute approximate surface area is 110 Å². The monoisotopic (exact) mass is 294 g/mol. The van der Waals surface area contributed by atoms with Crippen molar-refractivity contribution >= 4 is 21.8 Å². The molecule has 1 amide bonds. The molecule has 3 nitrogen and oxygen atoms in total. The number of nitriles is 1. The molecule has 0 aliphatic carbocycles. The fourth-order valence-corrected chi connectivity index (χ4v) is 1.76. The minimum Gasteiger partial charge on any atom is -0.324 e. The van der Waals surface area contributed by atoms with E-state index in [-0.39, 0.29) is 17.3 Å². The Kier molecular flexibility index (Phi) is 5.71. The molecular weight excluding hydrogens is 280 g/mol. The number of halogens is 1. The molecule has 1 atom stereocenters. The maximum atomic E-state index is 12.0. The summed E-state index contributed by atoms with van der Waals surface area (Å²) < 4.78 is 0. The number of benzene rings is 1. The molecule has 1 unspecified atom stereocenters. The van der Waals surface area contributed by atoms with Gasteiger partial charge >= 0.3 is 0 Å². The molecule has 0 radical (unpaired) electrons. The Morgan fingerprint density at radius 1 is 1.47 bits per heavy atom. The van der Waals surface area contributed by atoms with Crippen LogP contribution in [0.4, 0.5) is 0 Å². The standard InChI is InChI=1S/C13H15BrN2O/c1-2-12(14)13(17)16(9-8-15)10-11-6-4-3-5-7-11/h3-7,12H,2,9-10H2,1H3. The van der Waals surface area contributed by atoms with Gasteiger partial charge in [0.15, 0.2) is 0 Å². The van der Waals surface area contributed by atoms with Crippen LogP contribution >= 0.6 is 15.9 Å². The molecule has 0 bridgehead atoms. The summed E-state index contributed by atoms with van der Waals surface area (Å²) in [6.07, 6.45) is 0.718. The molecule has 1 aromatic carbocycles. The quantitative estimate of drug-likeness (QED) is 0.619. The van der Waals surface area contributed by atoms with Gasteiger partial charge in [-0.05, 0) is 12.0 Å². The highest BCUT2D eigenvalue weighted by atomic mass is 79.9. The first-order valence-electron chi connectivity index (χ1n) is 5.52. The minimum absolute atomic E-state index is 0.0297. The van der Waals surface area contributed by atoms with Gasteiger partial charge in [0, 0.05) is 6.54 Å². The predicted molar refractivity (Wildman–Crippen MR) is 70.5 cm³/mol. The number of nitrogens with zero attached hydrogens (tertiary/aromatic N) is 2. The van der Waals surface area contributed by atoms with Crippen LogP contribution in [0.15, 0.2) is 30.3 Å². The van der Waals surface area contributed by atoms with Gasteiger partial charge in [-0.15, -0.1) is 0 Å². The normalized spacial score (nSPS) is 11.6. The van der Waals surface area contributed by atoms with E-state index in [0.717, 1.165) is 12.0 Å². The van der Waals surface area contributed by atoms with Crippen molar-refractivity contribution in [1.29, 1.82) is 5.26 Å². The van der Waals surface area contributed by atoms with Crippen LogP contribution in [0.2, 0.25) is 0 Å². The second-order valence-electron chi connectivity index (χ2n) is 3.71. The largest absolute Gasteiger partial charge is 0.324 e. The third-order valence-electron chi connectivity index (χ3n) is 2.42. The van der Waals surface area contributed by atoms with Crippen LogP contribution in [-0.4, -0.2) is 22.2 Å². The minimum atomic E-state index is -0.209. The van der Waals surface area contributed by atoms with Crippen molar-refractivity contribution in [2.45, 2.75) is 24.7 Å². The molecule has 17 heavy (non-hydrogen) atoms. The number of carbonyl (C=O) groups excluding carboxylic acids is 1. The molecule has 0 aliphatic rings. The summed E-state index contributed by atoms with van der Waals surface area (Å²) in [4.78, 5) is 13.4. The van der Waals surface area contributed by atoms with Crippen LogP contribution < -0.4 is 0 Å². The number of amides is 1. The topological polar surface area (TPSA) is 44.1 Å². The van der Waals surface area contributed by atoms with Crippen molar-refractivity contribution in [3.8, 4) is 6.07 Å². The zero-order valence-corrected chi connectivity index (χ0v) is 11.4. The average molecular weight is 295 g/mol. The molecule has 4 heteroatoms. The Morgan fingerprint density at radius 2 is 2.12 bits per heavy atom. The van der Waals surface area contributed by atoms with E-state index in [1.807, 2.05) is 43.3 Å². The fourth-order valence-electron chi connectivity index (χ4n) is 1.47. The molecule has 0 heterocycles. The van der Waals surface area contributed by atoms with E-state index in [1.165, 1.54) is 0 Å². The van der Waals surface area contributed by atoms with Gasteiger partial charge in [-0.3, -0.25) is 4.79 Å². The van der Waals surface area contributed by atoms with E-state index in [4.69, 9.17) is 5.26 Å². The van der Waals surface area contributed by atoms with Crippen LogP contribution in [0, 0.1) is 11.3 Å². The van der Waals surface area contributed by atoms with Crippen LogP contribution in [0.5, 0.6) is 0 Å². The van der Waals surface area contributed by atoms with Crippen molar-refractivity contribution in [3.63, 3.8) is 0 Å². The highest BCUT2D eigenvalue weighted by Crippen LogP contribution is 2.12. The molecule has 0 aliphatic heterocycles. The first-order valence-corrected chi connectivity index (χ1v) is 6.44. The lowest BCUT2D eigenvalue weighted by atomic mass is 10.2. The Hall–Kier alpha value is -1.34. The Morgan fingerprint density at radius 3 is 2.65 bits per heavy atom. The highest BCUT2D eigenvalue weighted by Gasteiger charge is 2.20. The first kappa shape index (κ1) is 13.7. The lowest BCUT2D eigenvalue weighted by molar-refractivity contribution is -0.130. The van der Waals surface area contributed by atoms with E-state index in [9.17, 15) is 4.79 Å². The van der Waals surface area contributed by atoms with E-state index in [1.54, 1.807) is 4.90 Å². The summed E-state index contributed by atoms with van der Waals surface area (Å²) in [7, 11) is 0. The third kappa shape index (κ3) is 4.20. The number of carbonyl (C=O) groups is 1. The SMILES string of the molecule is CCC(Br)C(=O)N(CC#N)Cc1ccccc1. The summed E-state index contributed by atoms with van der Waals surface area (Å²) in [6, 6.07) is 11.7. The van der Waals surface area contributed by atoms with Gasteiger partial charge in [-0.25, -0.2) is 0 Å². The van der Waals surface area contributed by atoms with Crippen molar-refractivity contribution in [2.75, 3.05) is 6.54 Å². The summed E-state index contributed by atoms with van der Waals surface area (Å²) >= 11 is 3.33. The van der Waals surface area contributed by atoms with Crippen LogP contribution in [0.25, 0.3) is 0 Å². The summed E-state index contributed by atoms with van der Waals surface area (Å²) in [5.74, 6) is -0.0297. The average Bonchev–Trinajstić information content (AvgIpc) is 2.37. The summed E-state index contributed by atoms with van der Waals surface area (Å²) in [6.45, 7) is 2.54. The van der Waals surface area contributed by atoms with E-state index in [2.05, 4.69) is 15.9 Å². The maximum Gasteiger partial charge on any atom is 0.237 e. The number of hydrogen-bond acceptors (Lipinski definition) is 2. The second kappa shape index (κ2) is 7.08. The van der Waals surface area contributed by atoms with Gasteiger partial charge in [0.05, 0.1) is 10.9 Å². The van der Waals surface area contributed by atoms with Gasteiger partial charge in [0.25, 0.3) is 0 Å². The van der Waals surface area contributed by atoms with Crippen molar-refractivity contribution < 1.29 is 4.79 Å². The number of hydrogen-bond donors (Lipinski definition) is 0. The van der Waals surface area contributed by atoms with E-state index in [0.29, 0.717) is 6.54 Å². The van der Waals surface area contributed by atoms with Crippen LogP contribution in [0.1, 0.15) is 18.9 Å². The highest BCUT2D eigenvalue weighted by molar-refractivity contribution is 9.10. The Bertz CT molecular complexity index is 400. The number of alkyl halides is 1. The third-order valence-corrected chi connectivity index (χ3v) is 3.46. The molecule has 0 fully saturated rings. The van der Waals surface area contributed by atoms with Crippen molar-refractivity contribution in [2.24, 2.45) is 0 Å². The first-order chi connectivity index (χ1) is 8.19. The van der Waals surface area contributed by atoms with Gasteiger partial charge < -0.3 is 4.90 Å². The zero-order valence-electron chi connectivity index (χ0n) is 9.77. The van der Waals surface area contributed by atoms with E-state index >= 15 is 0 Å².